The van der Waals surface area contributed by atoms with Gasteiger partial charge in [-0.1, -0.05) is 5.16 Å². The highest BCUT2D eigenvalue weighted by Crippen LogP contribution is 2.33. The lowest BCUT2D eigenvalue weighted by molar-refractivity contribution is 0.318. The Bertz CT molecular complexity index is 542. The van der Waals surface area contributed by atoms with Gasteiger partial charge in [0.25, 0.3) is 0 Å². The molecule has 1 aromatic heterocycles. The van der Waals surface area contributed by atoms with Gasteiger partial charge in [-0.2, -0.15) is 11.8 Å². The Morgan fingerprint density at radius 2 is 2.20 bits per heavy atom. The van der Waals surface area contributed by atoms with E-state index in [9.17, 15) is 0 Å². The molecular formula is C14H22N4OS. The van der Waals surface area contributed by atoms with Gasteiger partial charge in [0.15, 0.2) is 5.84 Å². The molecule has 0 bridgehead atoms. The average molecular weight is 294 g/mol. The smallest absolute Gasteiger partial charge is 0.174 e. The lowest BCUT2D eigenvalue weighted by Crippen LogP contribution is -2.44. The van der Waals surface area contributed by atoms with Crippen molar-refractivity contribution < 1.29 is 5.21 Å². The monoisotopic (exact) mass is 294 g/mol. The zero-order valence-electron chi connectivity index (χ0n) is 12.5. The molecule has 3 N–H and O–H groups in total. The van der Waals surface area contributed by atoms with Crippen LogP contribution >= 0.6 is 11.8 Å². The summed E-state index contributed by atoms with van der Waals surface area (Å²) in [6.45, 7) is 10.2. The number of amidine groups is 1. The minimum absolute atomic E-state index is 0.126. The van der Waals surface area contributed by atoms with Crippen LogP contribution in [0.2, 0.25) is 0 Å². The molecule has 0 saturated carbocycles. The van der Waals surface area contributed by atoms with Crippen molar-refractivity contribution in [3.05, 3.63) is 22.9 Å². The summed E-state index contributed by atoms with van der Waals surface area (Å²) in [7, 11) is 0. The van der Waals surface area contributed by atoms with Crippen molar-refractivity contribution in [2.24, 2.45) is 10.9 Å². The molecule has 0 atom stereocenters. The fourth-order valence-electron chi connectivity index (χ4n) is 2.61. The molecule has 0 aliphatic carbocycles. The fourth-order valence-corrected chi connectivity index (χ4v) is 3.72. The van der Waals surface area contributed by atoms with Crippen molar-refractivity contribution in [3.8, 4) is 0 Å². The van der Waals surface area contributed by atoms with Gasteiger partial charge in [-0.25, -0.2) is 4.98 Å². The molecule has 1 saturated heterocycles. The van der Waals surface area contributed by atoms with Gasteiger partial charge >= 0.3 is 0 Å². The van der Waals surface area contributed by atoms with Crippen LogP contribution in [0.25, 0.3) is 0 Å². The van der Waals surface area contributed by atoms with Gasteiger partial charge in [-0.15, -0.1) is 0 Å². The Morgan fingerprint density at radius 1 is 1.50 bits per heavy atom. The first kappa shape index (κ1) is 15.0. The third-order valence-electron chi connectivity index (χ3n) is 3.41. The summed E-state index contributed by atoms with van der Waals surface area (Å²) in [5, 5.41) is 12.2. The minimum Gasteiger partial charge on any atom is -0.409 e. The van der Waals surface area contributed by atoms with Gasteiger partial charge in [0.1, 0.15) is 5.82 Å². The molecule has 1 aromatic rings. The molecular weight excluding hydrogens is 272 g/mol. The van der Waals surface area contributed by atoms with Gasteiger partial charge < -0.3 is 15.8 Å². The van der Waals surface area contributed by atoms with E-state index in [2.05, 4.69) is 28.9 Å². The van der Waals surface area contributed by atoms with Crippen LogP contribution in [-0.2, 0) is 0 Å². The Hall–Kier alpha value is -1.43. The highest BCUT2D eigenvalue weighted by Gasteiger charge is 2.30. The van der Waals surface area contributed by atoms with Gasteiger partial charge in [-0.05, 0) is 39.3 Å². The number of nitrogens with zero attached hydrogens (tertiary/aromatic N) is 3. The molecule has 1 aliphatic rings. The molecule has 110 valence electrons. The lowest BCUT2D eigenvalue weighted by Gasteiger charge is -2.39. The molecule has 0 spiro atoms. The topological polar surface area (TPSA) is 74.7 Å². The molecule has 0 aromatic carbocycles. The summed E-state index contributed by atoms with van der Waals surface area (Å²) in [6, 6.07) is 1.96. The predicted molar refractivity (Wildman–Crippen MR) is 85.0 cm³/mol. The van der Waals surface area contributed by atoms with Crippen LogP contribution in [0.1, 0.15) is 30.7 Å². The number of rotatable bonds is 2. The Labute approximate surface area is 124 Å². The molecule has 5 nitrogen and oxygen atoms in total. The van der Waals surface area contributed by atoms with Crippen LogP contribution < -0.4 is 10.6 Å². The quantitative estimate of drug-likeness (QED) is 0.378. The number of anilines is 1. The Kier molecular flexibility index (Phi) is 4.13. The zero-order valence-corrected chi connectivity index (χ0v) is 13.3. The number of aryl methyl sites for hydroxylation is 2. The van der Waals surface area contributed by atoms with Crippen molar-refractivity contribution >= 4 is 23.4 Å². The van der Waals surface area contributed by atoms with Gasteiger partial charge in [-0.3, -0.25) is 0 Å². The van der Waals surface area contributed by atoms with E-state index >= 15 is 0 Å². The van der Waals surface area contributed by atoms with Crippen molar-refractivity contribution in [2.75, 3.05) is 23.7 Å². The van der Waals surface area contributed by atoms with Gasteiger partial charge in [0.2, 0.25) is 0 Å². The summed E-state index contributed by atoms with van der Waals surface area (Å²) < 4.78 is 0.181. The second-order valence-corrected chi connectivity index (χ2v) is 7.60. The molecule has 1 fully saturated rings. The van der Waals surface area contributed by atoms with E-state index in [4.69, 9.17) is 10.9 Å². The second kappa shape index (κ2) is 5.52. The summed E-state index contributed by atoms with van der Waals surface area (Å²) >= 11 is 1.97. The molecule has 2 rings (SSSR count). The molecule has 2 heterocycles. The largest absolute Gasteiger partial charge is 0.409 e. The maximum Gasteiger partial charge on any atom is 0.174 e. The van der Waals surface area contributed by atoms with Crippen molar-refractivity contribution in [1.82, 2.24) is 4.98 Å². The lowest BCUT2D eigenvalue weighted by atomic mass is 10.1. The van der Waals surface area contributed by atoms with Crippen LogP contribution in [-0.4, -0.2) is 39.6 Å². The zero-order chi connectivity index (χ0) is 14.9. The molecule has 0 radical (unpaired) electrons. The summed E-state index contributed by atoms with van der Waals surface area (Å²) in [5.41, 5.74) is 8.52. The first-order valence-corrected chi connectivity index (χ1v) is 7.67. The van der Waals surface area contributed by atoms with Crippen LogP contribution in [0.5, 0.6) is 0 Å². The highest BCUT2D eigenvalue weighted by molar-refractivity contribution is 8.00. The number of oxime groups is 1. The Balaban J connectivity index is 2.49. The molecule has 0 amide bonds. The molecule has 6 heteroatoms. The summed E-state index contributed by atoms with van der Waals surface area (Å²) in [4.78, 5) is 6.88. The van der Waals surface area contributed by atoms with E-state index in [1.165, 1.54) is 0 Å². The SMILES string of the molecule is Cc1cc(C)c(/C(N)=N/O)c(N2CCSC(C)(C)C2)n1. The average Bonchev–Trinajstić information content (AvgIpc) is 2.35. The van der Waals surface area contributed by atoms with Crippen LogP contribution in [0, 0.1) is 13.8 Å². The standard InChI is InChI=1S/C14H22N4OS/c1-9-7-10(2)16-13(11(9)12(15)17-19)18-5-6-20-14(3,4)8-18/h7,19H,5-6,8H2,1-4H3,(H2,15,17). The fraction of sp³-hybridized carbons (Fsp3) is 0.571. The van der Waals surface area contributed by atoms with Gasteiger partial charge in [0.05, 0.1) is 5.56 Å². The molecule has 0 unspecified atom stereocenters. The number of pyridine rings is 1. The third-order valence-corrected chi connectivity index (χ3v) is 4.71. The van der Waals surface area contributed by atoms with E-state index in [-0.39, 0.29) is 10.6 Å². The van der Waals surface area contributed by atoms with Crippen molar-refractivity contribution in [3.63, 3.8) is 0 Å². The first-order valence-electron chi connectivity index (χ1n) is 6.69. The first-order chi connectivity index (χ1) is 9.34. The normalized spacial score (nSPS) is 19.2. The van der Waals surface area contributed by atoms with E-state index in [0.29, 0.717) is 0 Å². The summed E-state index contributed by atoms with van der Waals surface area (Å²) in [6.07, 6.45) is 0. The van der Waals surface area contributed by atoms with Gasteiger partial charge in [0, 0.05) is 29.3 Å². The number of thioether (sulfide) groups is 1. The van der Waals surface area contributed by atoms with Crippen molar-refractivity contribution in [1.29, 1.82) is 0 Å². The minimum atomic E-state index is 0.126. The van der Waals surface area contributed by atoms with E-state index in [0.717, 1.165) is 41.5 Å². The number of hydrogen-bond donors (Lipinski definition) is 2. The molecule has 1 aliphatic heterocycles. The summed E-state index contributed by atoms with van der Waals surface area (Å²) in [5.74, 6) is 2.00. The van der Waals surface area contributed by atoms with Crippen LogP contribution in [0.3, 0.4) is 0 Å². The van der Waals surface area contributed by atoms with Crippen molar-refractivity contribution in [2.45, 2.75) is 32.4 Å². The maximum absolute atomic E-state index is 9.02. The van der Waals surface area contributed by atoms with Crippen LogP contribution in [0.15, 0.2) is 11.2 Å². The number of hydrogen-bond acceptors (Lipinski definition) is 5. The second-order valence-electron chi connectivity index (χ2n) is 5.79. The molecule has 20 heavy (non-hydrogen) atoms. The number of nitrogens with two attached hydrogens (primary N) is 1. The van der Waals surface area contributed by atoms with E-state index in [1.807, 2.05) is 31.7 Å². The predicted octanol–water partition coefficient (Wildman–Crippen LogP) is 2.12. The van der Waals surface area contributed by atoms with E-state index < -0.39 is 0 Å². The maximum atomic E-state index is 9.02. The van der Waals surface area contributed by atoms with E-state index in [1.54, 1.807) is 0 Å². The highest BCUT2D eigenvalue weighted by atomic mass is 32.2. The number of aromatic nitrogens is 1. The Morgan fingerprint density at radius 3 is 2.80 bits per heavy atom. The van der Waals surface area contributed by atoms with Crippen LogP contribution in [0.4, 0.5) is 5.82 Å². The third kappa shape index (κ3) is 3.00.